The summed E-state index contributed by atoms with van der Waals surface area (Å²) in [4.78, 5) is 2.17. The normalized spacial score (nSPS) is 15.7. The van der Waals surface area contributed by atoms with Crippen LogP contribution in [0.25, 0.3) is 0 Å². The van der Waals surface area contributed by atoms with Gasteiger partial charge in [-0.1, -0.05) is 5.57 Å². The van der Waals surface area contributed by atoms with Gasteiger partial charge in [-0.05, 0) is 25.5 Å². The lowest BCUT2D eigenvalue weighted by Crippen LogP contribution is -2.45. The molecule has 4 nitrogen and oxygen atoms in total. The molecule has 0 aromatic heterocycles. The highest BCUT2D eigenvalue weighted by Gasteiger charge is 2.28. The van der Waals surface area contributed by atoms with E-state index in [0.717, 1.165) is 37.8 Å². The fraction of sp³-hybridized carbons (Fsp3) is 0.438. The molecule has 1 saturated heterocycles. The summed E-state index contributed by atoms with van der Waals surface area (Å²) in [5.41, 5.74) is 1.63. The topological polar surface area (TPSA) is 59.3 Å². The summed E-state index contributed by atoms with van der Waals surface area (Å²) in [6, 6.07) is 4.39. The second kappa shape index (κ2) is 9.74. The quantitative estimate of drug-likeness (QED) is 0.808. The van der Waals surface area contributed by atoms with Crippen molar-refractivity contribution in [3.05, 3.63) is 41.2 Å². The van der Waals surface area contributed by atoms with Crippen LogP contribution in [0.3, 0.4) is 0 Å². The summed E-state index contributed by atoms with van der Waals surface area (Å²) in [5.74, 6) is -1.11. The van der Waals surface area contributed by atoms with Gasteiger partial charge in [-0.3, -0.25) is 4.90 Å². The average molecular weight is 362 g/mol. The first-order valence-electron chi connectivity index (χ1n) is 7.05. The van der Waals surface area contributed by atoms with E-state index in [9.17, 15) is 14.8 Å². The molecule has 0 saturated carbocycles. The number of halogens is 3. The zero-order valence-electron chi connectivity index (χ0n) is 13.0. The van der Waals surface area contributed by atoms with Crippen LogP contribution in [0.5, 0.6) is 5.75 Å². The average Bonchev–Trinajstić information content (AvgIpc) is 2.48. The van der Waals surface area contributed by atoms with Gasteiger partial charge in [0.2, 0.25) is 0 Å². The van der Waals surface area contributed by atoms with E-state index in [2.05, 4.69) is 22.9 Å². The minimum Gasteiger partial charge on any atom is -0.505 e. The summed E-state index contributed by atoms with van der Waals surface area (Å²) in [5, 5.41) is 22.7. The third-order valence-electron chi connectivity index (χ3n) is 3.76. The van der Waals surface area contributed by atoms with E-state index < -0.39 is 11.6 Å². The number of hydrogen-bond acceptors (Lipinski definition) is 4. The number of nitriles is 1. The van der Waals surface area contributed by atoms with Crippen LogP contribution < -0.4 is 5.32 Å². The summed E-state index contributed by atoms with van der Waals surface area (Å²) in [6.45, 7) is 9.08. The zero-order chi connectivity index (χ0) is 15.4. The maximum atomic E-state index is 13.7. The molecular weight excluding hydrogens is 340 g/mol. The van der Waals surface area contributed by atoms with Crippen LogP contribution in [0.4, 0.5) is 4.39 Å². The molecule has 1 fully saturated rings. The largest absolute Gasteiger partial charge is 0.505 e. The van der Waals surface area contributed by atoms with Crippen LogP contribution in [0.15, 0.2) is 24.3 Å². The molecular formula is C16H22Cl2FN3O. The minimum atomic E-state index is -0.689. The lowest BCUT2D eigenvalue weighted by Gasteiger charge is -2.36. The van der Waals surface area contributed by atoms with Gasteiger partial charge in [0, 0.05) is 37.8 Å². The number of piperazine rings is 1. The number of benzene rings is 1. The Hall–Kier alpha value is -1.32. The van der Waals surface area contributed by atoms with Crippen molar-refractivity contribution in [3.63, 3.8) is 0 Å². The van der Waals surface area contributed by atoms with Crippen molar-refractivity contribution in [2.75, 3.05) is 26.2 Å². The first-order chi connectivity index (χ1) is 10.0. The van der Waals surface area contributed by atoms with Crippen molar-refractivity contribution >= 4 is 24.8 Å². The van der Waals surface area contributed by atoms with Gasteiger partial charge in [-0.25, -0.2) is 4.39 Å². The van der Waals surface area contributed by atoms with Gasteiger partial charge in [0.15, 0.2) is 11.6 Å². The Labute approximate surface area is 148 Å². The number of aromatic hydroxyl groups is 1. The summed E-state index contributed by atoms with van der Waals surface area (Å²) in [7, 11) is 0. The molecule has 0 amide bonds. The molecule has 1 heterocycles. The molecule has 0 bridgehead atoms. The number of hydrogen-bond donors (Lipinski definition) is 2. The second-order valence-electron chi connectivity index (χ2n) is 5.43. The highest BCUT2D eigenvalue weighted by atomic mass is 35.5. The molecule has 1 aromatic rings. The number of phenols is 1. The molecule has 1 aliphatic rings. The summed E-state index contributed by atoms with van der Waals surface area (Å²) < 4.78 is 13.7. The molecule has 128 valence electrons. The van der Waals surface area contributed by atoms with Crippen molar-refractivity contribution in [1.29, 1.82) is 5.26 Å². The number of nitrogens with one attached hydrogen (secondary N) is 1. The van der Waals surface area contributed by atoms with E-state index in [1.807, 2.05) is 6.92 Å². The van der Waals surface area contributed by atoms with Crippen molar-refractivity contribution in [1.82, 2.24) is 10.2 Å². The van der Waals surface area contributed by atoms with E-state index in [4.69, 9.17) is 0 Å². The maximum absolute atomic E-state index is 13.7. The molecule has 0 radical (unpaired) electrons. The minimum absolute atomic E-state index is 0. The fourth-order valence-electron chi connectivity index (χ4n) is 2.75. The van der Waals surface area contributed by atoms with Gasteiger partial charge >= 0.3 is 0 Å². The van der Waals surface area contributed by atoms with Crippen LogP contribution >= 0.6 is 24.8 Å². The third-order valence-corrected chi connectivity index (χ3v) is 3.76. The molecule has 2 rings (SSSR count). The van der Waals surface area contributed by atoms with Crippen LogP contribution in [0.1, 0.15) is 30.5 Å². The Bertz CT molecular complexity index is 583. The SMILES string of the molecule is C=C(C)C[C@@H](c1c(C#N)ccc(F)c1O)N1CCNCC1.Cl.Cl. The fourth-order valence-corrected chi connectivity index (χ4v) is 2.75. The van der Waals surface area contributed by atoms with E-state index in [1.165, 1.54) is 6.07 Å². The molecule has 0 aliphatic carbocycles. The van der Waals surface area contributed by atoms with E-state index in [-0.39, 0.29) is 30.9 Å². The van der Waals surface area contributed by atoms with Gasteiger partial charge < -0.3 is 10.4 Å². The van der Waals surface area contributed by atoms with Crippen LogP contribution in [0, 0.1) is 17.1 Å². The van der Waals surface area contributed by atoms with E-state index in [1.54, 1.807) is 0 Å². The van der Waals surface area contributed by atoms with Crippen LogP contribution in [0.2, 0.25) is 0 Å². The zero-order valence-corrected chi connectivity index (χ0v) is 14.6. The standard InChI is InChI=1S/C16H20FN3O.2ClH/c1-11(2)9-14(20-7-5-19-6-8-20)15-12(10-18)3-4-13(17)16(15)21;;/h3-4,14,19,21H,1,5-9H2,2H3;2*1H/t14-;;/m0../s1. The molecule has 0 spiro atoms. The number of phenolic OH excluding ortho intramolecular Hbond substituents is 1. The molecule has 1 aliphatic heterocycles. The summed E-state index contributed by atoms with van der Waals surface area (Å²) >= 11 is 0. The van der Waals surface area contributed by atoms with Crippen molar-refractivity contribution in [3.8, 4) is 11.8 Å². The Morgan fingerprint density at radius 2 is 2.04 bits per heavy atom. The van der Waals surface area contributed by atoms with Crippen LogP contribution in [-0.2, 0) is 0 Å². The number of rotatable bonds is 4. The van der Waals surface area contributed by atoms with Crippen LogP contribution in [-0.4, -0.2) is 36.2 Å². The van der Waals surface area contributed by atoms with Crippen molar-refractivity contribution < 1.29 is 9.50 Å². The monoisotopic (exact) mass is 361 g/mol. The first-order valence-corrected chi connectivity index (χ1v) is 7.05. The molecule has 23 heavy (non-hydrogen) atoms. The Balaban J connectivity index is 0.00000242. The second-order valence-corrected chi connectivity index (χ2v) is 5.43. The van der Waals surface area contributed by atoms with Gasteiger partial charge in [0.05, 0.1) is 11.6 Å². The number of nitrogens with zero attached hydrogens (tertiary/aromatic N) is 2. The molecule has 0 unspecified atom stereocenters. The first kappa shape index (κ1) is 21.7. The van der Waals surface area contributed by atoms with Gasteiger partial charge in [-0.15, -0.1) is 31.4 Å². The predicted octanol–water partition coefficient (Wildman–Crippen LogP) is 3.16. The van der Waals surface area contributed by atoms with Gasteiger partial charge in [0.25, 0.3) is 0 Å². The maximum Gasteiger partial charge on any atom is 0.165 e. The van der Waals surface area contributed by atoms with E-state index in [0.29, 0.717) is 17.5 Å². The lowest BCUT2D eigenvalue weighted by molar-refractivity contribution is 0.169. The highest BCUT2D eigenvalue weighted by molar-refractivity contribution is 5.85. The van der Waals surface area contributed by atoms with Gasteiger partial charge in [0.1, 0.15) is 0 Å². The van der Waals surface area contributed by atoms with Crippen molar-refractivity contribution in [2.24, 2.45) is 0 Å². The predicted molar refractivity (Wildman–Crippen MR) is 93.9 cm³/mol. The molecule has 1 atom stereocenters. The highest BCUT2D eigenvalue weighted by Crippen LogP contribution is 2.37. The molecule has 1 aromatic carbocycles. The van der Waals surface area contributed by atoms with Gasteiger partial charge in [-0.2, -0.15) is 5.26 Å². The van der Waals surface area contributed by atoms with E-state index >= 15 is 0 Å². The smallest absolute Gasteiger partial charge is 0.165 e. The Morgan fingerprint density at radius 1 is 1.43 bits per heavy atom. The lowest BCUT2D eigenvalue weighted by atomic mass is 9.93. The molecule has 7 heteroatoms. The Kier molecular flexibility index (Phi) is 9.18. The summed E-state index contributed by atoms with van der Waals surface area (Å²) in [6.07, 6.45) is 0.589. The third kappa shape index (κ3) is 5.08. The molecule has 2 N–H and O–H groups in total. The van der Waals surface area contributed by atoms with Crippen molar-refractivity contribution in [2.45, 2.75) is 19.4 Å². The Morgan fingerprint density at radius 3 is 2.57 bits per heavy atom.